The second-order valence-electron chi connectivity index (χ2n) is 6.33. The van der Waals surface area contributed by atoms with Crippen LogP contribution in [0.5, 0.6) is 0 Å². The van der Waals surface area contributed by atoms with Crippen LogP contribution in [0.1, 0.15) is 12.0 Å². The SMILES string of the molecule is Clc1cccc(-c2[nH]ncc2CN2CCOC3(CCOC3)C2)c1. The van der Waals surface area contributed by atoms with Gasteiger partial charge in [-0.25, -0.2) is 0 Å². The molecule has 2 aliphatic heterocycles. The molecule has 1 atom stereocenters. The summed E-state index contributed by atoms with van der Waals surface area (Å²) in [5.74, 6) is 0. The molecule has 2 fully saturated rings. The van der Waals surface area contributed by atoms with Gasteiger partial charge in [0.25, 0.3) is 0 Å². The van der Waals surface area contributed by atoms with Crippen LogP contribution in [0.25, 0.3) is 11.3 Å². The number of morpholine rings is 1. The van der Waals surface area contributed by atoms with E-state index in [1.807, 2.05) is 24.4 Å². The molecule has 0 saturated carbocycles. The number of H-pyrrole nitrogens is 1. The fraction of sp³-hybridized carbons (Fsp3) is 0.471. The third kappa shape index (κ3) is 3.15. The van der Waals surface area contributed by atoms with Gasteiger partial charge in [0.1, 0.15) is 5.60 Å². The lowest BCUT2D eigenvalue weighted by Crippen LogP contribution is -2.51. The van der Waals surface area contributed by atoms with E-state index in [9.17, 15) is 0 Å². The number of aromatic amines is 1. The van der Waals surface area contributed by atoms with Crippen LogP contribution in [0.15, 0.2) is 30.5 Å². The van der Waals surface area contributed by atoms with Crippen molar-refractivity contribution >= 4 is 11.6 Å². The van der Waals surface area contributed by atoms with E-state index in [-0.39, 0.29) is 5.60 Å². The fourth-order valence-corrected chi connectivity index (χ4v) is 3.64. The van der Waals surface area contributed by atoms with Crippen LogP contribution >= 0.6 is 11.6 Å². The van der Waals surface area contributed by atoms with E-state index in [2.05, 4.69) is 21.2 Å². The smallest absolute Gasteiger partial charge is 0.106 e. The van der Waals surface area contributed by atoms with Crippen molar-refractivity contribution in [3.8, 4) is 11.3 Å². The van der Waals surface area contributed by atoms with Crippen molar-refractivity contribution in [2.24, 2.45) is 0 Å². The number of hydrogen-bond donors (Lipinski definition) is 1. The number of aromatic nitrogens is 2. The van der Waals surface area contributed by atoms with Crippen molar-refractivity contribution in [1.29, 1.82) is 0 Å². The molecule has 2 aromatic rings. The Morgan fingerprint density at radius 2 is 2.30 bits per heavy atom. The van der Waals surface area contributed by atoms with Gasteiger partial charge in [0, 0.05) is 48.8 Å². The number of benzene rings is 1. The first-order valence-electron chi connectivity index (χ1n) is 7.96. The van der Waals surface area contributed by atoms with Crippen LogP contribution in [0.2, 0.25) is 5.02 Å². The Morgan fingerprint density at radius 1 is 1.35 bits per heavy atom. The zero-order valence-corrected chi connectivity index (χ0v) is 13.7. The van der Waals surface area contributed by atoms with Crippen molar-refractivity contribution in [2.75, 3.05) is 32.9 Å². The summed E-state index contributed by atoms with van der Waals surface area (Å²) in [7, 11) is 0. The minimum atomic E-state index is -0.113. The molecule has 23 heavy (non-hydrogen) atoms. The molecule has 0 aliphatic carbocycles. The first-order chi connectivity index (χ1) is 11.2. The molecule has 4 rings (SSSR count). The summed E-state index contributed by atoms with van der Waals surface area (Å²) in [6.07, 6.45) is 2.89. The first-order valence-corrected chi connectivity index (χ1v) is 8.34. The number of rotatable bonds is 3. The summed E-state index contributed by atoms with van der Waals surface area (Å²) in [4.78, 5) is 2.43. The van der Waals surface area contributed by atoms with Crippen molar-refractivity contribution in [3.63, 3.8) is 0 Å². The quantitative estimate of drug-likeness (QED) is 0.938. The average molecular weight is 334 g/mol. The molecule has 6 heteroatoms. The Bertz CT molecular complexity index is 682. The number of ether oxygens (including phenoxy) is 2. The molecule has 5 nitrogen and oxygen atoms in total. The Labute approximate surface area is 140 Å². The van der Waals surface area contributed by atoms with E-state index in [0.29, 0.717) is 6.61 Å². The number of nitrogens with zero attached hydrogens (tertiary/aromatic N) is 2. The molecule has 0 bridgehead atoms. The molecular formula is C17H20ClN3O2. The summed E-state index contributed by atoms with van der Waals surface area (Å²) in [6, 6.07) is 7.85. The normalized spacial score (nSPS) is 25.3. The lowest BCUT2D eigenvalue weighted by atomic mass is 10.00. The molecule has 2 saturated heterocycles. The predicted molar refractivity (Wildman–Crippen MR) is 88.4 cm³/mol. The summed E-state index contributed by atoms with van der Waals surface area (Å²) in [6.45, 7) is 4.95. The molecule has 2 aliphatic rings. The highest BCUT2D eigenvalue weighted by Gasteiger charge is 2.40. The highest BCUT2D eigenvalue weighted by Crippen LogP contribution is 2.30. The van der Waals surface area contributed by atoms with E-state index >= 15 is 0 Å². The van der Waals surface area contributed by atoms with Crippen LogP contribution in [-0.4, -0.2) is 53.6 Å². The number of hydrogen-bond acceptors (Lipinski definition) is 4. The second kappa shape index (κ2) is 6.24. The zero-order chi connectivity index (χ0) is 15.7. The van der Waals surface area contributed by atoms with E-state index in [4.69, 9.17) is 21.1 Å². The molecule has 1 aromatic heterocycles. The lowest BCUT2D eigenvalue weighted by Gasteiger charge is -2.39. The largest absolute Gasteiger partial charge is 0.378 e. The van der Waals surface area contributed by atoms with Gasteiger partial charge in [0.2, 0.25) is 0 Å². The van der Waals surface area contributed by atoms with Gasteiger partial charge < -0.3 is 9.47 Å². The van der Waals surface area contributed by atoms with Crippen LogP contribution in [-0.2, 0) is 16.0 Å². The molecule has 1 aromatic carbocycles. The molecule has 1 N–H and O–H groups in total. The van der Waals surface area contributed by atoms with Gasteiger partial charge in [-0.3, -0.25) is 10.00 Å². The van der Waals surface area contributed by atoms with Gasteiger partial charge in [-0.1, -0.05) is 23.7 Å². The zero-order valence-electron chi connectivity index (χ0n) is 12.9. The maximum atomic E-state index is 6.11. The Kier molecular flexibility index (Phi) is 4.11. The Balaban J connectivity index is 1.52. The van der Waals surface area contributed by atoms with Crippen molar-refractivity contribution in [3.05, 3.63) is 41.0 Å². The van der Waals surface area contributed by atoms with Crippen molar-refractivity contribution in [1.82, 2.24) is 15.1 Å². The van der Waals surface area contributed by atoms with Crippen LogP contribution in [0.4, 0.5) is 0 Å². The van der Waals surface area contributed by atoms with Gasteiger partial charge in [0.05, 0.1) is 25.1 Å². The highest BCUT2D eigenvalue weighted by molar-refractivity contribution is 6.30. The van der Waals surface area contributed by atoms with Gasteiger partial charge in [-0.05, 0) is 12.1 Å². The second-order valence-corrected chi connectivity index (χ2v) is 6.76. The molecule has 0 amide bonds. The van der Waals surface area contributed by atoms with E-state index in [0.717, 1.165) is 55.5 Å². The van der Waals surface area contributed by atoms with Gasteiger partial charge in [-0.2, -0.15) is 5.10 Å². The lowest BCUT2D eigenvalue weighted by molar-refractivity contribution is -0.111. The molecule has 1 spiro atoms. The minimum absolute atomic E-state index is 0.113. The molecule has 1 unspecified atom stereocenters. The topological polar surface area (TPSA) is 50.4 Å². The minimum Gasteiger partial charge on any atom is -0.378 e. The average Bonchev–Trinajstić information content (AvgIpc) is 3.17. The monoisotopic (exact) mass is 333 g/mol. The van der Waals surface area contributed by atoms with Crippen molar-refractivity contribution in [2.45, 2.75) is 18.6 Å². The summed E-state index contributed by atoms with van der Waals surface area (Å²) < 4.78 is 11.5. The van der Waals surface area contributed by atoms with Crippen LogP contribution in [0.3, 0.4) is 0 Å². The van der Waals surface area contributed by atoms with Gasteiger partial charge >= 0.3 is 0 Å². The number of nitrogens with one attached hydrogen (secondary N) is 1. The number of halogens is 1. The maximum absolute atomic E-state index is 6.11. The third-order valence-electron chi connectivity index (χ3n) is 4.62. The Hall–Kier alpha value is -1.40. The third-order valence-corrected chi connectivity index (χ3v) is 4.85. The van der Waals surface area contributed by atoms with E-state index in [1.165, 1.54) is 5.56 Å². The summed E-state index contributed by atoms with van der Waals surface area (Å²) in [5, 5.41) is 8.07. The first kappa shape index (κ1) is 15.1. The molecule has 122 valence electrons. The summed E-state index contributed by atoms with van der Waals surface area (Å²) >= 11 is 6.11. The van der Waals surface area contributed by atoms with Crippen LogP contribution < -0.4 is 0 Å². The standard InChI is InChI=1S/C17H20ClN3O2/c18-15-3-1-2-13(8-15)16-14(9-19-20-16)10-21-5-7-23-17(11-21)4-6-22-12-17/h1-3,8-9H,4-7,10-12H2,(H,19,20). The van der Waals surface area contributed by atoms with Crippen LogP contribution in [0, 0.1) is 0 Å². The Morgan fingerprint density at radius 3 is 3.13 bits per heavy atom. The van der Waals surface area contributed by atoms with E-state index < -0.39 is 0 Å². The molecule has 3 heterocycles. The maximum Gasteiger partial charge on any atom is 0.106 e. The highest BCUT2D eigenvalue weighted by atomic mass is 35.5. The molecule has 0 radical (unpaired) electrons. The van der Waals surface area contributed by atoms with Crippen molar-refractivity contribution < 1.29 is 9.47 Å². The van der Waals surface area contributed by atoms with Gasteiger partial charge in [-0.15, -0.1) is 0 Å². The predicted octanol–water partition coefficient (Wildman–Crippen LogP) is 2.72. The van der Waals surface area contributed by atoms with E-state index in [1.54, 1.807) is 0 Å². The van der Waals surface area contributed by atoms with Gasteiger partial charge in [0.15, 0.2) is 0 Å². The summed E-state index contributed by atoms with van der Waals surface area (Å²) in [5.41, 5.74) is 3.18. The fourth-order valence-electron chi connectivity index (χ4n) is 3.45. The molecular weight excluding hydrogens is 314 g/mol.